The van der Waals surface area contributed by atoms with E-state index in [2.05, 4.69) is 21.9 Å². The molecule has 0 saturated carbocycles. The van der Waals surface area contributed by atoms with Crippen LogP contribution < -0.4 is 0 Å². The molecule has 18 heavy (non-hydrogen) atoms. The summed E-state index contributed by atoms with van der Waals surface area (Å²) < 4.78 is 10.6. The average molecular weight is 251 g/mol. The molecule has 0 N–H and O–H groups in total. The summed E-state index contributed by atoms with van der Waals surface area (Å²) in [5, 5.41) is 3.77. The molecule has 2 aliphatic heterocycles. The molecule has 2 fully saturated rings. The van der Waals surface area contributed by atoms with Crippen LogP contribution in [-0.2, 0) is 11.3 Å². The molecule has 5 heteroatoms. The lowest BCUT2D eigenvalue weighted by Gasteiger charge is -2.35. The summed E-state index contributed by atoms with van der Waals surface area (Å²) in [5.41, 5.74) is 0. The largest absolute Gasteiger partial charge is 0.379 e. The van der Waals surface area contributed by atoms with Crippen molar-refractivity contribution in [2.24, 2.45) is 0 Å². The van der Waals surface area contributed by atoms with Crippen molar-refractivity contribution < 1.29 is 9.26 Å². The molecule has 0 aliphatic carbocycles. The van der Waals surface area contributed by atoms with Gasteiger partial charge in [-0.3, -0.25) is 9.80 Å². The molecule has 100 valence electrons. The Morgan fingerprint density at radius 3 is 2.89 bits per heavy atom. The van der Waals surface area contributed by atoms with Gasteiger partial charge in [-0.2, -0.15) is 0 Å². The standard InChI is InChI=1S/C13H21N3O2/c1-11-13(15-6-8-17-9-7-15)3-5-16(11)10-12-2-4-14-18-12/h2,4,11,13H,3,5-10H2,1H3/t11-,13-/m1/s1. The van der Waals surface area contributed by atoms with E-state index in [0.29, 0.717) is 12.1 Å². The lowest BCUT2D eigenvalue weighted by Crippen LogP contribution is -2.48. The van der Waals surface area contributed by atoms with Gasteiger partial charge in [-0.05, 0) is 13.3 Å². The lowest BCUT2D eigenvalue weighted by atomic mass is 10.1. The number of hydrogen-bond donors (Lipinski definition) is 0. The van der Waals surface area contributed by atoms with Gasteiger partial charge in [0.15, 0.2) is 5.76 Å². The van der Waals surface area contributed by atoms with Gasteiger partial charge in [-0.15, -0.1) is 0 Å². The summed E-state index contributed by atoms with van der Waals surface area (Å²) in [6.07, 6.45) is 2.96. The maximum absolute atomic E-state index is 5.43. The van der Waals surface area contributed by atoms with E-state index < -0.39 is 0 Å². The summed E-state index contributed by atoms with van der Waals surface area (Å²) in [5.74, 6) is 0.962. The summed E-state index contributed by atoms with van der Waals surface area (Å²) in [6, 6.07) is 3.19. The first-order valence-corrected chi connectivity index (χ1v) is 6.80. The van der Waals surface area contributed by atoms with Gasteiger partial charge in [-0.25, -0.2) is 0 Å². The Bertz CT molecular complexity index is 362. The molecule has 0 amide bonds. The van der Waals surface area contributed by atoms with Crippen LogP contribution in [0, 0.1) is 0 Å². The number of likely N-dealkylation sites (tertiary alicyclic amines) is 1. The third-order valence-corrected chi connectivity index (χ3v) is 4.21. The van der Waals surface area contributed by atoms with Crippen LogP contribution in [0.25, 0.3) is 0 Å². The molecule has 2 aliphatic rings. The molecule has 5 nitrogen and oxygen atoms in total. The fraction of sp³-hybridized carbons (Fsp3) is 0.769. The van der Waals surface area contributed by atoms with E-state index in [9.17, 15) is 0 Å². The Kier molecular flexibility index (Phi) is 3.63. The van der Waals surface area contributed by atoms with Crippen LogP contribution in [-0.4, -0.2) is 59.9 Å². The highest BCUT2D eigenvalue weighted by Gasteiger charge is 2.35. The van der Waals surface area contributed by atoms with E-state index in [1.807, 2.05) is 6.07 Å². The molecule has 0 radical (unpaired) electrons. The zero-order valence-corrected chi connectivity index (χ0v) is 10.9. The van der Waals surface area contributed by atoms with Gasteiger partial charge >= 0.3 is 0 Å². The molecule has 0 bridgehead atoms. The van der Waals surface area contributed by atoms with E-state index in [0.717, 1.165) is 45.2 Å². The minimum atomic E-state index is 0.577. The quantitative estimate of drug-likeness (QED) is 0.800. The van der Waals surface area contributed by atoms with Gasteiger partial charge < -0.3 is 9.26 Å². The maximum atomic E-state index is 5.43. The molecule has 2 saturated heterocycles. The fourth-order valence-corrected chi connectivity index (χ4v) is 3.13. The zero-order valence-electron chi connectivity index (χ0n) is 10.9. The van der Waals surface area contributed by atoms with Gasteiger partial charge in [-0.1, -0.05) is 5.16 Å². The van der Waals surface area contributed by atoms with Crippen molar-refractivity contribution in [1.82, 2.24) is 15.0 Å². The highest BCUT2D eigenvalue weighted by molar-refractivity contribution is 4.98. The van der Waals surface area contributed by atoms with Crippen molar-refractivity contribution in [1.29, 1.82) is 0 Å². The molecule has 0 aromatic carbocycles. The third-order valence-electron chi connectivity index (χ3n) is 4.21. The second kappa shape index (κ2) is 5.38. The minimum Gasteiger partial charge on any atom is -0.379 e. The minimum absolute atomic E-state index is 0.577. The van der Waals surface area contributed by atoms with E-state index in [1.165, 1.54) is 6.42 Å². The lowest BCUT2D eigenvalue weighted by molar-refractivity contribution is 0.00947. The van der Waals surface area contributed by atoms with Crippen molar-refractivity contribution in [3.05, 3.63) is 18.0 Å². The predicted molar refractivity (Wildman–Crippen MR) is 67.2 cm³/mol. The van der Waals surface area contributed by atoms with Crippen LogP contribution >= 0.6 is 0 Å². The molecular weight excluding hydrogens is 230 g/mol. The molecule has 0 unspecified atom stereocenters. The topological polar surface area (TPSA) is 41.7 Å². The van der Waals surface area contributed by atoms with Crippen LogP contribution in [0.1, 0.15) is 19.1 Å². The number of nitrogens with zero attached hydrogens (tertiary/aromatic N) is 3. The molecule has 3 rings (SSSR count). The first-order chi connectivity index (χ1) is 8.84. The van der Waals surface area contributed by atoms with Crippen LogP contribution in [0.3, 0.4) is 0 Å². The van der Waals surface area contributed by atoms with E-state index in [1.54, 1.807) is 6.20 Å². The van der Waals surface area contributed by atoms with E-state index in [-0.39, 0.29) is 0 Å². The fourth-order valence-electron chi connectivity index (χ4n) is 3.13. The smallest absolute Gasteiger partial charge is 0.150 e. The first-order valence-electron chi connectivity index (χ1n) is 6.80. The van der Waals surface area contributed by atoms with Crippen molar-refractivity contribution in [2.45, 2.75) is 32.0 Å². The van der Waals surface area contributed by atoms with Gasteiger partial charge in [0.25, 0.3) is 0 Å². The predicted octanol–water partition coefficient (Wildman–Crippen LogP) is 0.970. The van der Waals surface area contributed by atoms with Gasteiger partial charge in [0.1, 0.15) is 0 Å². The highest BCUT2D eigenvalue weighted by atomic mass is 16.5. The molecule has 0 spiro atoms. The normalized spacial score (nSPS) is 30.9. The van der Waals surface area contributed by atoms with Crippen molar-refractivity contribution >= 4 is 0 Å². The second-order valence-corrected chi connectivity index (χ2v) is 5.19. The van der Waals surface area contributed by atoms with Crippen LogP contribution in [0.15, 0.2) is 16.8 Å². The van der Waals surface area contributed by atoms with E-state index >= 15 is 0 Å². The Morgan fingerprint density at radius 1 is 1.33 bits per heavy atom. The number of aromatic nitrogens is 1. The Morgan fingerprint density at radius 2 is 2.17 bits per heavy atom. The highest BCUT2D eigenvalue weighted by Crippen LogP contribution is 2.25. The molecule has 1 aromatic heterocycles. The van der Waals surface area contributed by atoms with Crippen molar-refractivity contribution in [3.63, 3.8) is 0 Å². The number of morpholine rings is 1. The van der Waals surface area contributed by atoms with Crippen LogP contribution in [0.5, 0.6) is 0 Å². The van der Waals surface area contributed by atoms with Crippen LogP contribution in [0.4, 0.5) is 0 Å². The average Bonchev–Trinajstić information content (AvgIpc) is 3.03. The van der Waals surface area contributed by atoms with Gasteiger partial charge in [0.05, 0.1) is 26.0 Å². The zero-order chi connectivity index (χ0) is 12.4. The molecule has 3 heterocycles. The number of hydrogen-bond acceptors (Lipinski definition) is 5. The van der Waals surface area contributed by atoms with E-state index in [4.69, 9.17) is 9.26 Å². The first kappa shape index (κ1) is 12.1. The van der Waals surface area contributed by atoms with Crippen molar-refractivity contribution in [3.8, 4) is 0 Å². The Balaban J connectivity index is 1.59. The maximum Gasteiger partial charge on any atom is 0.150 e. The Labute approximate surface area is 108 Å². The van der Waals surface area contributed by atoms with Gasteiger partial charge in [0.2, 0.25) is 0 Å². The molecular formula is C13H21N3O2. The third kappa shape index (κ3) is 2.43. The number of rotatable bonds is 3. The molecule has 1 aromatic rings. The summed E-state index contributed by atoms with van der Waals surface area (Å²) in [6.45, 7) is 8.25. The summed E-state index contributed by atoms with van der Waals surface area (Å²) in [4.78, 5) is 5.06. The molecule has 2 atom stereocenters. The Hall–Kier alpha value is -0.910. The van der Waals surface area contributed by atoms with Gasteiger partial charge in [0, 0.05) is 37.8 Å². The van der Waals surface area contributed by atoms with Crippen molar-refractivity contribution in [2.75, 3.05) is 32.8 Å². The SMILES string of the molecule is C[C@@H]1[C@H](N2CCOCC2)CCN1Cc1ccno1. The summed E-state index contributed by atoms with van der Waals surface area (Å²) >= 11 is 0. The monoisotopic (exact) mass is 251 g/mol. The number of ether oxygens (including phenoxy) is 1. The van der Waals surface area contributed by atoms with Crippen LogP contribution in [0.2, 0.25) is 0 Å². The second-order valence-electron chi connectivity index (χ2n) is 5.19. The summed E-state index contributed by atoms with van der Waals surface area (Å²) in [7, 11) is 0.